The van der Waals surface area contributed by atoms with Crippen LogP contribution in [0.1, 0.15) is 17.1 Å². The van der Waals surface area contributed by atoms with Gasteiger partial charge in [-0.05, 0) is 19.1 Å². The summed E-state index contributed by atoms with van der Waals surface area (Å²) in [6.45, 7) is 2.63. The molecule has 7 heteroatoms. The van der Waals surface area contributed by atoms with E-state index in [0.29, 0.717) is 22.5 Å². The van der Waals surface area contributed by atoms with E-state index in [9.17, 15) is 0 Å². The van der Waals surface area contributed by atoms with Gasteiger partial charge in [-0.25, -0.2) is 4.98 Å². The van der Waals surface area contributed by atoms with Crippen molar-refractivity contribution in [2.45, 2.75) is 19.3 Å². The van der Waals surface area contributed by atoms with Crippen LogP contribution in [0.3, 0.4) is 0 Å². The molecule has 0 radical (unpaired) electrons. The summed E-state index contributed by atoms with van der Waals surface area (Å²) in [4.78, 5) is 4.53. The number of aryl methyl sites for hydroxylation is 2. The van der Waals surface area contributed by atoms with Crippen molar-refractivity contribution in [2.75, 3.05) is 0 Å². The molecule has 110 valence electrons. The van der Waals surface area contributed by atoms with Gasteiger partial charge in [0.1, 0.15) is 5.82 Å². The van der Waals surface area contributed by atoms with Crippen LogP contribution in [0.2, 0.25) is 10.0 Å². The number of hydrogen-bond acceptors (Lipinski definition) is 2. The molecule has 0 aliphatic rings. The third-order valence-electron chi connectivity index (χ3n) is 3.43. The zero-order valence-corrected chi connectivity index (χ0v) is 13.8. The molecule has 3 rings (SSSR count). The Hall–Kier alpha value is -1.23. The van der Waals surface area contributed by atoms with Gasteiger partial charge in [-0.2, -0.15) is 5.10 Å². The third kappa shape index (κ3) is 2.63. The van der Waals surface area contributed by atoms with Gasteiger partial charge in [0.25, 0.3) is 0 Å². The summed E-state index contributed by atoms with van der Waals surface area (Å²) < 4.78 is 3.85. The molecule has 1 aromatic carbocycles. The highest BCUT2D eigenvalue weighted by Gasteiger charge is 2.14. The Morgan fingerprint density at radius 1 is 1.19 bits per heavy atom. The van der Waals surface area contributed by atoms with E-state index in [2.05, 4.69) is 14.6 Å². The zero-order valence-electron chi connectivity index (χ0n) is 11.6. The SMILES string of the molecule is Cc1nn(C)cc1Cn1c(CCl)nc2cc(Cl)c(Cl)cc21. The second-order valence-electron chi connectivity index (χ2n) is 4.92. The summed E-state index contributed by atoms with van der Waals surface area (Å²) in [7, 11) is 1.90. The summed E-state index contributed by atoms with van der Waals surface area (Å²) in [5.74, 6) is 1.11. The normalized spacial score (nSPS) is 11.5. The Kier molecular flexibility index (Phi) is 3.86. The van der Waals surface area contributed by atoms with E-state index in [-0.39, 0.29) is 0 Å². The summed E-state index contributed by atoms with van der Waals surface area (Å²) in [5.41, 5.74) is 3.82. The number of fused-ring (bicyclic) bond motifs is 1. The summed E-state index contributed by atoms with van der Waals surface area (Å²) in [6, 6.07) is 3.59. The molecule has 2 heterocycles. The number of alkyl halides is 1. The van der Waals surface area contributed by atoms with Crippen LogP contribution >= 0.6 is 34.8 Å². The Morgan fingerprint density at radius 2 is 1.90 bits per heavy atom. The molecule has 0 amide bonds. The van der Waals surface area contributed by atoms with Crippen LogP contribution in [0.5, 0.6) is 0 Å². The van der Waals surface area contributed by atoms with Gasteiger partial charge < -0.3 is 4.57 Å². The minimum absolute atomic E-state index is 0.323. The number of halogens is 3. The lowest BCUT2D eigenvalue weighted by atomic mass is 10.2. The molecule has 0 unspecified atom stereocenters. The molecule has 0 fully saturated rings. The van der Waals surface area contributed by atoms with Crippen LogP contribution in [0.4, 0.5) is 0 Å². The fourth-order valence-electron chi connectivity index (χ4n) is 2.42. The highest BCUT2D eigenvalue weighted by Crippen LogP contribution is 2.29. The maximum Gasteiger partial charge on any atom is 0.125 e. The highest BCUT2D eigenvalue weighted by atomic mass is 35.5. The van der Waals surface area contributed by atoms with Gasteiger partial charge in [-0.3, -0.25) is 4.68 Å². The quantitative estimate of drug-likeness (QED) is 0.669. The second kappa shape index (κ2) is 5.52. The molecule has 4 nitrogen and oxygen atoms in total. The number of nitrogens with zero attached hydrogens (tertiary/aromatic N) is 4. The van der Waals surface area contributed by atoms with E-state index in [1.807, 2.05) is 26.2 Å². The van der Waals surface area contributed by atoms with E-state index in [0.717, 1.165) is 28.1 Å². The number of hydrogen-bond donors (Lipinski definition) is 0. The maximum atomic E-state index is 6.13. The monoisotopic (exact) mass is 342 g/mol. The first-order chi connectivity index (χ1) is 9.99. The fraction of sp³-hybridized carbons (Fsp3) is 0.286. The lowest BCUT2D eigenvalue weighted by molar-refractivity contribution is 0.754. The molecule has 0 bridgehead atoms. The molecular weight excluding hydrogens is 331 g/mol. The first kappa shape index (κ1) is 14.7. The molecule has 0 aliphatic heterocycles. The van der Waals surface area contributed by atoms with Gasteiger partial charge in [0.15, 0.2) is 0 Å². The summed E-state index contributed by atoms with van der Waals surface area (Å²) in [5, 5.41) is 5.36. The van der Waals surface area contributed by atoms with Gasteiger partial charge in [0.05, 0.1) is 39.2 Å². The van der Waals surface area contributed by atoms with Crippen molar-refractivity contribution >= 4 is 45.8 Å². The van der Waals surface area contributed by atoms with E-state index < -0.39 is 0 Å². The van der Waals surface area contributed by atoms with Crippen molar-refractivity contribution in [3.63, 3.8) is 0 Å². The first-order valence-corrected chi connectivity index (χ1v) is 7.68. The van der Waals surface area contributed by atoms with Crippen molar-refractivity contribution < 1.29 is 0 Å². The van der Waals surface area contributed by atoms with Crippen molar-refractivity contribution in [2.24, 2.45) is 7.05 Å². The van der Waals surface area contributed by atoms with E-state index in [4.69, 9.17) is 34.8 Å². The smallest absolute Gasteiger partial charge is 0.125 e. The molecule has 21 heavy (non-hydrogen) atoms. The predicted octanol–water partition coefficient (Wildman–Crippen LogP) is 4.17. The summed E-state index contributed by atoms with van der Waals surface area (Å²) >= 11 is 18.2. The number of aromatic nitrogens is 4. The molecule has 2 aromatic heterocycles. The molecular formula is C14H13Cl3N4. The van der Waals surface area contributed by atoms with Gasteiger partial charge >= 0.3 is 0 Å². The van der Waals surface area contributed by atoms with E-state index in [1.165, 1.54) is 0 Å². The van der Waals surface area contributed by atoms with Crippen LogP contribution in [-0.2, 0) is 19.5 Å². The van der Waals surface area contributed by atoms with Crippen molar-refractivity contribution in [1.29, 1.82) is 0 Å². The van der Waals surface area contributed by atoms with Gasteiger partial charge in [-0.15, -0.1) is 11.6 Å². The highest BCUT2D eigenvalue weighted by molar-refractivity contribution is 6.42. The largest absolute Gasteiger partial charge is 0.322 e. The van der Waals surface area contributed by atoms with Crippen LogP contribution < -0.4 is 0 Å². The fourth-order valence-corrected chi connectivity index (χ4v) is 2.94. The van der Waals surface area contributed by atoms with E-state index >= 15 is 0 Å². The average Bonchev–Trinajstić information content (AvgIpc) is 2.92. The van der Waals surface area contributed by atoms with Crippen molar-refractivity contribution in [3.8, 4) is 0 Å². The molecule has 0 saturated carbocycles. The molecule has 0 saturated heterocycles. The minimum Gasteiger partial charge on any atom is -0.322 e. The standard InChI is InChI=1S/C14H13Cl3N4/c1-8-9(6-20(2)19-8)7-21-13-4-11(17)10(16)3-12(13)18-14(21)5-15/h3-4,6H,5,7H2,1-2H3. The Labute approximate surface area is 137 Å². The lowest BCUT2D eigenvalue weighted by Gasteiger charge is -2.07. The number of rotatable bonds is 3. The first-order valence-electron chi connectivity index (χ1n) is 6.39. The molecule has 0 N–H and O–H groups in total. The van der Waals surface area contributed by atoms with Gasteiger partial charge in [-0.1, -0.05) is 23.2 Å². The molecule has 0 spiro atoms. The second-order valence-corrected chi connectivity index (χ2v) is 6.00. The van der Waals surface area contributed by atoms with Crippen molar-refractivity contribution in [3.05, 3.63) is 45.5 Å². The van der Waals surface area contributed by atoms with Crippen LogP contribution in [-0.4, -0.2) is 19.3 Å². The average molecular weight is 344 g/mol. The number of benzene rings is 1. The predicted molar refractivity (Wildman–Crippen MR) is 86.4 cm³/mol. The van der Waals surface area contributed by atoms with Gasteiger partial charge in [0.2, 0.25) is 0 Å². The minimum atomic E-state index is 0.323. The van der Waals surface area contributed by atoms with Crippen LogP contribution in [0, 0.1) is 6.92 Å². The van der Waals surface area contributed by atoms with Crippen molar-refractivity contribution in [1.82, 2.24) is 19.3 Å². The zero-order chi connectivity index (χ0) is 15.1. The molecule has 0 aliphatic carbocycles. The van der Waals surface area contributed by atoms with Crippen LogP contribution in [0.15, 0.2) is 18.3 Å². The van der Waals surface area contributed by atoms with Gasteiger partial charge in [0, 0.05) is 18.8 Å². The Bertz CT molecular complexity index is 819. The lowest BCUT2D eigenvalue weighted by Crippen LogP contribution is -2.04. The number of imidazole rings is 1. The maximum absolute atomic E-state index is 6.13. The van der Waals surface area contributed by atoms with Crippen LogP contribution in [0.25, 0.3) is 11.0 Å². The molecule has 3 aromatic rings. The Balaban J connectivity index is 2.16. The third-order valence-corrected chi connectivity index (χ3v) is 4.39. The summed E-state index contributed by atoms with van der Waals surface area (Å²) in [6.07, 6.45) is 2.00. The molecule has 0 atom stereocenters. The Morgan fingerprint density at radius 3 is 2.52 bits per heavy atom. The van der Waals surface area contributed by atoms with E-state index in [1.54, 1.807) is 10.7 Å². The topological polar surface area (TPSA) is 35.6 Å².